The monoisotopic (exact) mass is 470 g/mol. The number of phenolic OH excluding ortho intramolecular Hbond substituents is 1. The predicted molar refractivity (Wildman–Crippen MR) is 142 cm³/mol. The topological polar surface area (TPSA) is 46.5 Å². The van der Waals surface area contributed by atoms with E-state index < -0.39 is 6.67 Å². The molecule has 0 saturated heterocycles. The molecular formula is C30H43FO3. The molecule has 188 valence electrons. The number of benzene rings is 2. The Labute approximate surface area is 206 Å². The van der Waals surface area contributed by atoms with Crippen molar-refractivity contribution < 1.29 is 19.0 Å². The van der Waals surface area contributed by atoms with Crippen molar-refractivity contribution in [1.82, 2.24) is 0 Å². The third-order valence-corrected chi connectivity index (χ3v) is 6.37. The number of aryl methyl sites for hydroxylation is 1. The molecule has 34 heavy (non-hydrogen) atoms. The van der Waals surface area contributed by atoms with Gasteiger partial charge in [0.2, 0.25) is 0 Å². The van der Waals surface area contributed by atoms with E-state index in [1.54, 1.807) is 6.92 Å². The van der Waals surface area contributed by atoms with Crippen LogP contribution in [0.1, 0.15) is 97.3 Å². The van der Waals surface area contributed by atoms with E-state index in [4.69, 9.17) is 0 Å². The number of fused-ring (bicyclic) bond motifs is 3. The van der Waals surface area contributed by atoms with Gasteiger partial charge in [0, 0.05) is 12.7 Å². The lowest BCUT2D eigenvalue weighted by atomic mass is 9.72. The lowest BCUT2D eigenvalue weighted by Crippen LogP contribution is -2.21. The molecule has 0 saturated carbocycles. The molecule has 0 aliphatic heterocycles. The van der Waals surface area contributed by atoms with Gasteiger partial charge in [0.1, 0.15) is 12.4 Å². The molecule has 0 spiro atoms. The van der Waals surface area contributed by atoms with Gasteiger partial charge in [0.05, 0.1) is 11.7 Å². The van der Waals surface area contributed by atoms with Gasteiger partial charge in [0.25, 0.3) is 0 Å². The van der Waals surface area contributed by atoms with Crippen LogP contribution >= 0.6 is 0 Å². The summed E-state index contributed by atoms with van der Waals surface area (Å²) in [5.41, 5.74) is 8.15. The molecule has 2 atom stereocenters. The number of halogens is 1. The van der Waals surface area contributed by atoms with Crippen molar-refractivity contribution in [2.75, 3.05) is 13.8 Å². The Bertz CT molecular complexity index is 1000. The quantitative estimate of drug-likeness (QED) is 0.416. The third kappa shape index (κ3) is 5.78. The Morgan fingerprint density at radius 2 is 1.74 bits per heavy atom. The SMILES string of the molecule is C=C1c2c(C)cccc2C(=O)c2c(O)c3c(c(C)c21)CC[C@H](C)C3.CC.CC.COC(C)CF. The second kappa shape index (κ2) is 13.4. The Kier molecular flexibility index (Phi) is 11.7. The molecule has 0 fully saturated rings. The van der Waals surface area contributed by atoms with Crippen LogP contribution in [-0.4, -0.2) is 30.8 Å². The first-order chi connectivity index (χ1) is 16.2. The highest BCUT2D eigenvalue weighted by Gasteiger charge is 2.35. The van der Waals surface area contributed by atoms with Crippen molar-refractivity contribution in [3.8, 4) is 5.75 Å². The van der Waals surface area contributed by atoms with Crippen molar-refractivity contribution in [2.24, 2.45) is 5.92 Å². The first kappa shape index (κ1) is 29.6. The van der Waals surface area contributed by atoms with Gasteiger partial charge in [-0.3, -0.25) is 4.79 Å². The number of aromatic hydroxyl groups is 1. The van der Waals surface area contributed by atoms with Crippen LogP contribution in [0.2, 0.25) is 0 Å². The third-order valence-electron chi connectivity index (χ3n) is 6.37. The number of hydrogen-bond acceptors (Lipinski definition) is 3. The summed E-state index contributed by atoms with van der Waals surface area (Å²) in [6, 6.07) is 5.75. The molecule has 0 heterocycles. The second-order valence-electron chi connectivity index (χ2n) is 8.53. The van der Waals surface area contributed by atoms with E-state index in [1.165, 1.54) is 12.7 Å². The molecule has 1 unspecified atom stereocenters. The molecule has 1 N–H and O–H groups in total. The molecule has 2 aromatic rings. The summed E-state index contributed by atoms with van der Waals surface area (Å²) < 4.78 is 15.8. The maximum absolute atomic E-state index is 13.1. The van der Waals surface area contributed by atoms with Crippen LogP contribution in [0, 0.1) is 19.8 Å². The summed E-state index contributed by atoms with van der Waals surface area (Å²) >= 11 is 0. The van der Waals surface area contributed by atoms with Crippen LogP contribution < -0.4 is 0 Å². The highest BCUT2D eigenvalue weighted by Crippen LogP contribution is 2.46. The molecule has 2 aromatic carbocycles. The van der Waals surface area contributed by atoms with E-state index in [-0.39, 0.29) is 17.6 Å². The largest absolute Gasteiger partial charge is 0.507 e. The fraction of sp³-hybridized carbons (Fsp3) is 0.500. The second-order valence-corrected chi connectivity index (χ2v) is 8.53. The van der Waals surface area contributed by atoms with Gasteiger partial charge < -0.3 is 9.84 Å². The van der Waals surface area contributed by atoms with Crippen LogP contribution in [0.25, 0.3) is 5.57 Å². The molecular weight excluding hydrogens is 427 g/mol. The summed E-state index contributed by atoms with van der Waals surface area (Å²) in [5, 5.41) is 10.9. The maximum atomic E-state index is 13.1. The van der Waals surface area contributed by atoms with Crippen molar-refractivity contribution in [2.45, 2.75) is 80.8 Å². The summed E-state index contributed by atoms with van der Waals surface area (Å²) in [5.74, 6) is 0.658. The molecule has 0 amide bonds. The molecule has 0 bridgehead atoms. The smallest absolute Gasteiger partial charge is 0.198 e. The average molecular weight is 471 g/mol. The van der Waals surface area contributed by atoms with Gasteiger partial charge in [-0.15, -0.1) is 0 Å². The minimum Gasteiger partial charge on any atom is -0.507 e. The first-order valence-electron chi connectivity index (χ1n) is 12.5. The van der Waals surface area contributed by atoms with Crippen LogP contribution in [0.3, 0.4) is 0 Å². The van der Waals surface area contributed by atoms with Crippen LogP contribution in [-0.2, 0) is 17.6 Å². The maximum Gasteiger partial charge on any atom is 0.198 e. The lowest BCUT2D eigenvalue weighted by Gasteiger charge is -2.31. The number of ketones is 1. The molecule has 0 radical (unpaired) electrons. The average Bonchev–Trinajstić information content (AvgIpc) is 2.86. The molecule has 4 heteroatoms. The Balaban J connectivity index is 0.000000500. The number of phenols is 1. The van der Waals surface area contributed by atoms with Gasteiger partial charge in [0.15, 0.2) is 5.78 Å². The van der Waals surface area contributed by atoms with Gasteiger partial charge in [-0.25, -0.2) is 4.39 Å². The minimum absolute atomic E-state index is 0.0715. The van der Waals surface area contributed by atoms with Crippen LogP contribution in [0.5, 0.6) is 5.75 Å². The van der Waals surface area contributed by atoms with Crippen LogP contribution in [0.15, 0.2) is 24.8 Å². The zero-order valence-corrected chi connectivity index (χ0v) is 22.6. The summed E-state index contributed by atoms with van der Waals surface area (Å²) in [6.45, 7) is 19.9. The Morgan fingerprint density at radius 3 is 2.26 bits per heavy atom. The van der Waals surface area contributed by atoms with Crippen LogP contribution in [0.4, 0.5) is 4.39 Å². The van der Waals surface area contributed by atoms with E-state index >= 15 is 0 Å². The van der Waals surface area contributed by atoms with E-state index in [2.05, 4.69) is 25.2 Å². The Morgan fingerprint density at radius 1 is 1.12 bits per heavy atom. The lowest BCUT2D eigenvalue weighted by molar-refractivity contribution is 0.0942. The van der Waals surface area contributed by atoms with Gasteiger partial charge in [-0.1, -0.05) is 59.4 Å². The zero-order chi connectivity index (χ0) is 26.2. The molecule has 3 nitrogen and oxygen atoms in total. The number of alkyl halides is 1. The fourth-order valence-electron chi connectivity index (χ4n) is 4.55. The van der Waals surface area contributed by atoms with Crippen molar-refractivity contribution in [1.29, 1.82) is 0 Å². The number of rotatable bonds is 2. The standard InChI is InChI=1S/C22H22O2.C4H9FO.2C2H6/c1-11-8-9-15-13(3)19-14(4)18-12(2)6-5-7-16(18)21(23)20(19)22(24)17(15)10-11;1-4(3-5)6-2;2*1-2/h5-7,11,24H,4,8-10H2,1-3H3;4H,3H2,1-2H3;2*1-2H3/t11-;;;/m0.../s1. The van der Waals surface area contributed by atoms with Crippen molar-refractivity contribution in [3.63, 3.8) is 0 Å². The minimum atomic E-state index is -0.392. The summed E-state index contributed by atoms with van der Waals surface area (Å²) in [6.07, 6.45) is 2.70. The summed E-state index contributed by atoms with van der Waals surface area (Å²) in [4.78, 5) is 13.1. The first-order valence-corrected chi connectivity index (χ1v) is 12.5. The number of carbonyl (C=O) groups excluding carboxylic acids is 1. The fourth-order valence-corrected chi connectivity index (χ4v) is 4.55. The highest BCUT2D eigenvalue weighted by molar-refractivity contribution is 6.21. The normalized spacial score (nSPS) is 16.2. The number of methoxy groups -OCH3 is 1. The van der Waals surface area contributed by atoms with E-state index in [0.717, 1.165) is 52.7 Å². The van der Waals surface area contributed by atoms with E-state index in [0.29, 0.717) is 17.0 Å². The zero-order valence-electron chi connectivity index (χ0n) is 22.6. The predicted octanol–water partition coefficient (Wildman–Crippen LogP) is 7.78. The number of hydrogen-bond donors (Lipinski definition) is 1. The molecule has 0 aromatic heterocycles. The molecule has 2 aliphatic carbocycles. The number of carbonyl (C=O) groups is 1. The molecule has 2 aliphatic rings. The summed E-state index contributed by atoms with van der Waals surface area (Å²) in [7, 11) is 1.49. The highest BCUT2D eigenvalue weighted by atomic mass is 19.1. The number of ether oxygens (including phenoxy) is 1. The van der Waals surface area contributed by atoms with Gasteiger partial charge in [-0.2, -0.15) is 0 Å². The van der Waals surface area contributed by atoms with E-state index in [9.17, 15) is 14.3 Å². The van der Waals surface area contributed by atoms with Crippen molar-refractivity contribution in [3.05, 3.63) is 69.3 Å². The van der Waals surface area contributed by atoms with E-state index in [1.807, 2.05) is 52.8 Å². The van der Waals surface area contributed by atoms with Crippen molar-refractivity contribution >= 4 is 11.4 Å². The molecule has 4 rings (SSSR count). The van der Waals surface area contributed by atoms with Gasteiger partial charge in [-0.05, 0) is 84.9 Å². The van der Waals surface area contributed by atoms with Gasteiger partial charge >= 0.3 is 0 Å². The Hall–Kier alpha value is -2.46.